The van der Waals surface area contributed by atoms with Crippen LogP contribution < -0.4 is 0 Å². The van der Waals surface area contributed by atoms with Gasteiger partial charge in [0.2, 0.25) is 0 Å². The summed E-state index contributed by atoms with van der Waals surface area (Å²) in [4.78, 5) is 22.7. The Bertz CT molecular complexity index is 720. The Morgan fingerprint density at radius 1 is 1.05 bits per heavy atom. The number of hydrogen-bond donors (Lipinski definition) is 2. The minimum atomic E-state index is -1.27. The predicted octanol–water partition coefficient (Wildman–Crippen LogP) is 3.85. The van der Waals surface area contributed by atoms with Crippen LogP contribution in [-0.2, 0) is 0 Å². The van der Waals surface area contributed by atoms with Gasteiger partial charge in [0.15, 0.2) is 0 Å². The lowest BCUT2D eigenvalue weighted by atomic mass is 9.92. The number of aromatic carboxylic acids is 2. The third-order valence-corrected chi connectivity index (χ3v) is 3.24. The molecule has 2 N–H and O–H groups in total. The van der Waals surface area contributed by atoms with Crippen molar-refractivity contribution in [3.8, 4) is 11.1 Å². The second-order valence-electron chi connectivity index (χ2n) is 4.47. The fourth-order valence-electron chi connectivity index (χ4n) is 2.09. The molecule has 2 aromatic carbocycles. The highest BCUT2D eigenvalue weighted by molar-refractivity contribution is 6.31. The first-order valence-electron chi connectivity index (χ1n) is 5.88. The van der Waals surface area contributed by atoms with Crippen LogP contribution in [0.5, 0.6) is 0 Å². The molecule has 21 heavy (non-hydrogen) atoms. The van der Waals surface area contributed by atoms with Gasteiger partial charge in [-0.05, 0) is 42.3 Å². The van der Waals surface area contributed by atoms with Crippen molar-refractivity contribution in [3.05, 3.63) is 57.9 Å². The van der Waals surface area contributed by atoms with Crippen LogP contribution in [0.25, 0.3) is 11.1 Å². The maximum Gasteiger partial charge on any atom is 0.336 e. The molecule has 0 spiro atoms. The van der Waals surface area contributed by atoms with Gasteiger partial charge in [0.05, 0.1) is 16.1 Å². The van der Waals surface area contributed by atoms with Crippen LogP contribution in [0.3, 0.4) is 0 Å². The maximum absolute atomic E-state index is 13.2. The number of halogens is 2. The number of hydrogen-bond acceptors (Lipinski definition) is 2. The van der Waals surface area contributed by atoms with Gasteiger partial charge in [-0.2, -0.15) is 0 Å². The van der Waals surface area contributed by atoms with Crippen LogP contribution in [-0.4, -0.2) is 22.2 Å². The second-order valence-corrected chi connectivity index (χ2v) is 4.88. The molecule has 0 atom stereocenters. The van der Waals surface area contributed by atoms with Gasteiger partial charge in [0.1, 0.15) is 5.82 Å². The highest BCUT2D eigenvalue weighted by Gasteiger charge is 2.21. The van der Waals surface area contributed by atoms with Gasteiger partial charge in [0.25, 0.3) is 0 Å². The van der Waals surface area contributed by atoms with E-state index in [0.29, 0.717) is 5.56 Å². The van der Waals surface area contributed by atoms with Crippen LogP contribution in [0.1, 0.15) is 26.3 Å². The Morgan fingerprint density at radius 3 is 2.00 bits per heavy atom. The highest BCUT2D eigenvalue weighted by Crippen LogP contribution is 2.32. The van der Waals surface area contributed by atoms with Gasteiger partial charge in [-0.1, -0.05) is 17.7 Å². The molecule has 0 aliphatic heterocycles. The smallest absolute Gasteiger partial charge is 0.336 e. The van der Waals surface area contributed by atoms with Crippen LogP contribution in [0, 0.1) is 12.7 Å². The molecule has 0 aromatic heterocycles. The van der Waals surface area contributed by atoms with Crippen LogP contribution >= 0.6 is 11.6 Å². The molecule has 0 saturated heterocycles. The molecule has 0 unspecified atom stereocenters. The minimum Gasteiger partial charge on any atom is -0.478 e. The molecule has 6 heteroatoms. The van der Waals surface area contributed by atoms with E-state index in [2.05, 4.69) is 0 Å². The maximum atomic E-state index is 13.2. The summed E-state index contributed by atoms with van der Waals surface area (Å²) in [5.41, 5.74) is 0.394. The lowest BCUT2D eigenvalue weighted by Gasteiger charge is -2.12. The molecule has 0 fully saturated rings. The van der Waals surface area contributed by atoms with Crippen molar-refractivity contribution >= 4 is 23.5 Å². The summed E-state index contributed by atoms with van der Waals surface area (Å²) in [5.74, 6) is -3.20. The molecule has 0 saturated carbocycles. The number of carbonyl (C=O) groups is 2. The summed E-state index contributed by atoms with van der Waals surface area (Å²) in [6.45, 7) is 1.60. The molecule has 0 aliphatic rings. The zero-order valence-electron chi connectivity index (χ0n) is 10.9. The molecule has 0 bridgehead atoms. The number of carboxylic acids is 2. The summed E-state index contributed by atoms with van der Waals surface area (Å²) in [6, 6.07) is 6.29. The lowest BCUT2D eigenvalue weighted by Crippen LogP contribution is -2.08. The average molecular weight is 309 g/mol. The van der Waals surface area contributed by atoms with E-state index in [1.165, 1.54) is 24.3 Å². The molecule has 108 valence electrons. The van der Waals surface area contributed by atoms with E-state index in [1.807, 2.05) is 0 Å². The van der Waals surface area contributed by atoms with Crippen LogP contribution in [0.15, 0.2) is 30.3 Å². The third-order valence-electron chi connectivity index (χ3n) is 2.95. The molecule has 2 aromatic rings. The third kappa shape index (κ3) is 2.87. The summed E-state index contributed by atoms with van der Waals surface area (Å²) >= 11 is 5.69. The minimum absolute atomic E-state index is 0.00231. The quantitative estimate of drug-likeness (QED) is 0.903. The Balaban J connectivity index is 2.84. The predicted molar refractivity (Wildman–Crippen MR) is 75.5 cm³/mol. The van der Waals surface area contributed by atoms with E-state index in [0.717, 1.165) is 6.07 Å². The molecular weight excluding hydrogens is 299 g/mol. The zero-order valence-corrected chi connectivity index (χ0v) is 11.6. The number of rotatable bonds is 3. The Morgan fingerprint density at radius 2 is 1.57 bits per heavy atom. The number of aryl methyl sites for hydroxylation is 1. The monoisotopic (exact) mass is 308 g/mol. The van der Waals surface area contributed by atoms with Gasteiger partial charge in [-0.3, -0.25) is 0 Å². The summed E-state index contributed by atoms with van der Waals surface area (Å²) in [6.07, 6.45) is 0. The summed E-state index contributed by atoms with van der Waals surface area (Å²) in [7, 11) is 0. The first-order valence-corrected chi connectivity index (χ1v) is 6.25. The SMILES string of the molecule is Cc1cc(C(=O)O)c(-c2ccc(F)c(Cl)c2)c(C(=O)O)c1. The molecular formula is C15H10ClFO4. The normalized spacial score (nSPS) is 10.4. The molecule has 0 amide bonds. The van der Waals surface area contributed by atoms with E-state index in [4.69, 9.17) is 11.6 Å². The summed E-state index contributed by atoms with van der Waals surface area (Å²) in [5, 5.41) is 18.4. The molecule has 0 aliphatic carbocycles. The molecule has 0 radical (unpaired) electrons. The van der Waals surface area contributed by atoms with Crippen molar-refractivity contribution < 1.29 is 24.2 Å². The van der Waals surface area contributed by atoms with Gasteiger partial charge < -0.3 is 10.2 Å². The molecule has 4 nitrogen and oxygen atoms in total. The fourth-order valence-corrected chi connectivity index (χ4v) is 2.27. The van der Waals surface area contributed by atoms with E-state index in [-0.39, 0.29) is 27.3 Å². The topological polar surface area (TPSA) is 74.6 Å². The van der Waals surface area contributed by atoms with Gasteiger partial charge in [-0.15, -0.1) is 0 Å². The van der Waals surface area contributed by atoms with E-state index in [9.17, 15) is 24.2 Å². The average Bonchev–Trinajstić information content (AvgIpc) is 2.41. The van der Waals surface area contributed by atoms with Crippen LogP contribution in [0.4, 0.5) is 4.39 Å². The lowest BCUT2D eigenvalue weighted by molar-refractivity contribution is 0.0696. The van der Waals surface area contributed by atoms with E-state index in [1.54, 1.807) is 6.92 Å². The standard InChI is InChI=1S/C15H10ClFO4/c1-7-4-9(14(18)19)13(10(5-7)15(20)21)8-2-3-12(17)11(16)6-8/h2-6H,1H3,(H,18,19)(H,20,21). The van der Waals surface area contributed by atoms with Crippen molar-refractivity contribution in [2.24, 2.45) is 0 Å². The number of benzene rings is 2. The largest absolute Gasteiger partial charge is 0.478 e. The van der Waals surface area contributed by atoms with Crippen molar-refractivity contribution in [2.75, 3.05) is 0 Å². The second kappa shape index (κ2) is 5.54. The van der Waals surface area contributed by atoms with Crippen molar-refractivity contribution in [1.82, 2.24) is 0 Å². The first-order chi connectivity index (χ1) is 9.81. The van der Waals surface area contributed by atoms with Crippen molar-refractivity contribution in [3.63, 3.8) is 0 Å². The molecule has 0 heterocycles. The van der Waals surface area contributed by atoms with Gasteiger partial charge in [0, 0.05) is 5.56 Å². The first kappa shape index (κ1) is 15.0. The highest BCUT2D eigenvalue weighted by atomic mass is 35.5. The zero-order chi connectivity index (χ0) is 15.7. The van der Waals surface area contributed by atoms with E-state index >= 15 is 0 Å². The van der Waals surface area contributed by atoms with Crippen LogP contribution in [0.2, 0.25) is 5.02 Å². The number of carboxylic acid groups (broad SMARTS) is 2. The molecule has 2 rings (SSSR count). The summed E-state index contributed by atoms with van der Waals surface area (Å²) < 4.78 is 13.2. The van der Waals surface area contributed by atoms with E-state index < -0.39 is 17.8 Å². The Labute approximate surface area is 124 Å². The Hall–Kier alpha value is -2.40. The van der Waals surface area contributed by atoms with Crippen molar-refractivity contribution in [1.29, 1.82) is 0 Å². The van der Waals surface area contributed by atoms with Gasteiger partial charge in [-0.25, -0.2) is 14.0 Å². The van der Waals surface area contributed by atoms with Gasteiger partial charge >= 0.3 is 11.9 Å². The van der Waals surface area contributed by atoms with Crippen molar-refractivity contribution in [2.45, 2.75) is 6.92 Å². The fraction of sp³-hybridized carbons (Fsp3) is 0.0667. The Kier molecular flexibility index (Phi) is 3.95.